The van der Waals surface area contributed by atoms with Gasteiger partial charge in [0.2, 0.25) is 11.9 Å². The molecule has 0 atom stereocenters. The van der Waals surface area contributed by atoms with Gasteiger partial charge in [-0.2, -0.15) is 0 Å². The van der Waals surface area contributed by atoms with E-state index in [4.69, 9.17) is 9.47 Å². The van der Waals surface area contributed by atoms with Crippen molar-refractivity contribution in [2.24, 2.45) is 7.05 Å². The number of para-hydroxylation sites is 2. The van der Waals surface area contributed by atoms with Crippen molar-refractivity contribution >= 4 is 39.7 Å². The molecular formula is C21H21N5O4. The predicted molar refractivity (Wildman–Crippen MR) is 113 cm³/mol. The lowest BCUT2D eigenvalue weighted by Crippen LogP contribution is -2.33. The summed E-state index contributed by atoms with van der Waals surface area (Å²) < 4.78 is 12.5. The molecule has 4 rings (SSSR count). The lowest BCUT2D eigenvalue weighted by atomic mass is 10.2. The molecule has 2 aromatic carbocycles. The molecule has 0 aliphatic carbocycles. The molecule has 0 bridgehead atoms. The van der Waals surface area contributed by atoms with Crippen LogP contribution in [-0.2, 0) is 11.8 Å². The smallest absolute Gasteiger partial charge is 0.268 e. The predicted octanol–water partition coefficient (Wildman–Crippen LogP) is 2.44. The van der Waals surface area contributed by atoms with Gasteiger partial charge >= 0.3 is 0 Å². The van der Waals surface area contributed by atoms with Gasteiger partial charge in [0, 0.05) is 12.4 Å². The number of hydrogen-bond donors (Lipinski definition) is 3. The van der Waals surface area contributed by atoms with E-state index in [1.54, 1.807) is 44.0 Å². The number of nitrogens with one attached hydrogen (secondary N) is 3. The second-order valence-corrected chi connectivity index (χ2v) is 6.65. The maximum absolute atomic E-state index is 12.7. The maximum atomic E-state index is 12.7. The average molecular weight is 407 g/mol. The van der Waals surface area contributed by atoms with Gasteiger partial charge in [0.1, 0.15) is 17.2 Å². The summed E-state index contributed by atoms with van der Waals surface area (Å²) in [6, 6.07) is 12.7. The van der Waals surface area contributed by atoms with Crippen LogP contribution in [-0.4, -0.2) is 47.1 Å². The summed E-state index contributed by atoms with van der Waals surface area (Å²) in [6.07, 6.45) is 0. The minimum absolute atomic E-state index is 0.203. The molecule has 0 saturated heterocycles. The number of imidazole rings is 1. The molecule has 0 aliphatic heterocycles. The largest absolute Gasteiger partial charge is 0.496 e. The van der Waals surface area contributed by atoms with E-state index in [0.717, 1.165) is 21.9 Å². The van der Waals surface area contributed by atoms with Gasteiger partial charge in [-0.3, -0.25) is 14.9 Å². The number of aromatic nitrogens is 3. The van der Waals surface area contributed by atoms with Crippen LogP contribution in [0.5, 0.6) is 11.5 Å². The molecule has 154 valence electrons. The summed E-state index contributed by atoms with van der Waals surface area (Å²) in [5.41, 5.74) is 2.67. The summed E-state index contributed by atoms with van der Waals surface area (Å²) in [5.74, 6) is 0.793. The monoisotopic (exact) mass is 407 g/mol. The molecule has 2 heterocycles. The molecule has 2 aromatic heterocycles. The van der Waals surface area contributed by atoms with E-state index in [0.29, 0.717) is 23.1 Å². The van der Waals surface area contributed by atoms with Crippen molar-refractivity contribution in [1.29, 1.82) is 0 Å². The molecule has 0 aliphatic rings. The van der Waals surface area contributed by atoms with Crippen LogP contribution in [0.1, 0.15) is 10.5 Å². The van der Waals surface area contributed by atoms with Crippen LogP contribution in [0.2, 0.25) is 0 Å². The Morgan fingerprint density at radius 2 is 1.83 bits per heavy atom. The van der Waals surface area contributed by atoms with E-state index in [-0.39, 0.29) is 6.54 Å². The minimum Gasteiger partial charge on any atom is -0.496 e. The van der Waals surface area contributed by atoms with Crippen molar-refractivity contribution in [3.63, 3.8) is 0 Å². The lowest BCUT2D eigenvalue weighted by molar-refractivity contribution is -0.115. The topological polar surface area (TPSA) is 110 Å². The van der Waals surface area contributed by atoms with Gasteiger partial charge in [-0.1, -0.05) is 12.1 Å². The van der Waals surface area contributed by atoms with Crippen molar-refractivity contribution < 1.29 is 19.1 Å². The molecule has 0 saturated carbocycles. The normalized spacial score (nSPS) is 10.9. The fourth-order valence-electron chi connectivity index (χ4n) is 3.41. The first kappa shape index (κ1) is 19.3. The number of aryl methyl sites for hydroxylation is 1. The van der Waals surface area contributed by atoms with Gasteiger partial charge in [-0.05, 0) is 30.3 Å². The van der Waals surface area contributed by atoms with Crippen molar-refractivity contribution in [1.82, 2.24) is 19.9 Å². The molecule has 9 heteroatoms. The van der Waals surface area contributed by atoms with Gasteiger partial charge in [-0.15, -0.1) is 0 Å². The second-order valence-electron chi connectivity index (χ2n) is 6.65. The second kappa shape index (κ2) is 7.78. The average Bonchev–Trinajstić information content (AvgIpc) is 3.32. The van der Waals surface area contributed by atoms with E-state index in [9.17, 15) is 9.59 Å². The number of ether oxygens (including phenoxy) is 2. The third kappa shape index (κ3) is 3.41. The summed E-state index contributed by atoms with van der Waals surface area (Å²) in [5, 5.41) is 6.03. The first-order chi connectivity index (χ1) is 14.5. The summed E-state index contributed by atoms with van der Waals surface area (Å²) in [4.78, 5) is 32.3. The molecular weight excluding hydrogens is 386 g/mol. The molecule has 3 N–H and O–H groups in total. The fourth-order valence-corrected chi connectivity index (χ4v) is 3.41. The van der Waals surface area contributed by atoms with Crippen molar-refractivity contribution in [2.45, 2.75) is 0 Å². The Labute approximate surface area is 172 Å². The molecule has 4 aromatic rings. The molecule has 30 heavy (non-hydrogen) atoms. The minimum atomic E-state index is -0.392. The Bertz CT molecular complexity index is 1220. The fraction of sp³-hybridized carbons (Fsp3) is 0.190. The van der Waals surface area contributed by atoms with E-state index in [1.165, 1.54) is 0 Å². The van der Waals surface area contributed by atoms with Crippen molar-refractivity contribution in [3.05, 3.63) is 48.2 Å². The third-order valence-electron chi connectivity index (χ3n) is 4.85. The number of amides is 2. The Morgan fingerprint density at radius 3 is 2.57 bits per heavy atom. The van der Waals surface area contributed by atoms with Crippen LogP contribution in [0.4, 0.5) is 5.95 Å². The first-order valence-electron chi connectivity index (χ1n) is 9.25. The molecule has 0 spiro atoms. The zero-order chi connectivity index (χ0) is 21.3. The van der Waals surface area contributed by atoms with Gasteiger partial charge < -0.3 is 24.3 Å². The maximum Gasteiger partial charge on any atom is 0.268 e. The molecule has 9 nitrogen and oxygen atoms in total. The van der Waals surface area contributed by atoms with Gasteiger partial charge in [0.05, 0.1) is 37.3 Å². The molecule has 0 unspecified atom stereocenters. The quantitative estimate of drug-likeness (QED) is 0.455. The number of H-pyrrole nitrogens is 1. The number of nitrogens with zero attached hydrogens (tertiary/aromatic N) is 2. The van der Waals surface area contributed by atoms with Crippen LogP contribution in [0, 0.1) is 0 Å². The number of anilines is 1. The number of hydrogen-bond acceptors (Lipinski definition) is 5. The van der Waals surface area contributed by atoms with E-state index < -0.39 is 11.8 Å². The van der Waals surface area contributed by atoms with Crippen LogP contribution in [0.15, 0.2) is 42.5 Å². The van der Waals surface area contributed by atoms with Crippen LogP contribution in [0.25, 0.3) is 21.9 Å². The van der Waals surface area contributed by atoms with E-state index in [1.807, 2.05) is 24.3 Å². The van der Waals surface area contributed by atoms with Gasteiger partial charge in [-0.25, -0.2) is 4.98 Å². The van der Waals surface area contributed by atoms with Gasteiger partial charge in [0.15, 0.2) is 0 Å². The highest BCUT2D eigenvalue weighted by Crippen LogP contribution is 2.35. The number of rotatable bonds is 6. The first-order valence-corrected chi connectivity index (χ1v) is 9.25. The number of methoxy groups -OCH3 is 2. The highest BCUT2D eigenvalue weighted by Gasteiger charge is 2.19. The lowest BCUT2D eigenvalue weighted by Gasteiger charge is -2.09. The zero-order valence-electron chi connectivity index (χ0n) is 16.8. The summed E-state index contributed by atoms with van der Waals surface area (Å²) in [7, 11) is 4.89. The Hall–Kier alpha value is -4.01. The van der Waals surface area contributed by atoms with E-state index in [2.05, 4.69) is 20.6 Å². The third-order valence-corrected chi connectivity index (χ3v) is 4.85. The van der Waals surface area contributed by atoms with Crippen LogP contribution in [0.3, 0.4) is 0 Å². The van der Waals surface area contributed by atoms with Gasteiger partial charge in [0.25, 0.3) is 5.91 Å². The number of fused-ring (bicyclic) bond motifs is 2. The zero-order valence-corrected chi connectivity index (χ0v) is 16.8. The number of benzene rings is 2. The van der Waals surface area contributed by atoms with Crippen molar-refractivity contribution in [2.75, 3.05) is 26.1 Å². The standard InChI is InChI=1S/C21H21N5O4/c1-26-15(10-12-16(29-2)8-9-17(30-3)19(12)26)20(28)22-11-18(27)25-21-23-13-6-4-5-7-14(13)24-21/h4-10H,11H2,1-3H3,(H,22,28)(H2,23,24,25,27). The molecule has 0 radical (unpaired) electrons. The van der Waals surface area contributed by atoms with Crippen LogP contribution < -0.4 is 20.1 Å². The Balaban J connectivity index is 1.49. The number of carbonyl (C=O) groups is 2. The Kier molecular flexibility index (Phi) is 5.01. The van der Waals surface area contributed by atoms with Crippen molar-refractivity contribution in [3.8, 4) is 11.5 Å². The Morgan fingerprint density at radius 1 is 1.10 bits per heavy atom. The molecule has 0 fully saturated rings. The van der Waals surface area contributed by atoms with E-state index >= 15 is 0 Å². The summed E-state index contributed by atoms with van der Waals surface area (Å²) >= 11 is 0. The molecule has 2 amide bonds. The summed E-state index contributed by atoms with van der Waals surface area (Å²) in [6.45, 7) is -0.203. The number of aromatic amines is 1. The number of carbonyl (C=O) groups excluding carboxylic acids is 2. The highest BCUT2D eigenvalue weighted by atomic mass is 16.5. The SMILES string of the molecule is COc1ccc(OC)c2c1cc(C(=O)NCC(=O)Nc1nc3ccccc3[nH]1)n2C. The highest BCUT2D eigenvalue weighted by molar-refractivity contribution is 6.04. The van der Waals surface area contributed by atoms with Crippen LogP contribution >= 0.6 is 0 Å².